The van der Waals surface area contributed by atoms with E-state index < -0.39 is 5.60 Å². The predicted molar refractivity (Wildman–Crippen MR) is 152 cm³/mol. The SMILES string of the molecule is C#CC(C)(I)C1CCC(C(C)n2nc(CN(CC)C(=O)OC(C)(C)C)cc2OCc2ccccc2)C1. The lowest BCUT2D eigenvalue weighted by atomic mass is 9.90. The van der Waals surface area contributed by atoms with Crippen LogP contribution in [0.2, 0.25) is 0 Å². The van der Waals surface area contributed by atoms with Crippen LogP contribution >= 0.6 is 22.6 Å². The number of carbonyl (C=O) groups is 1. The molecule has 36 heavy (non-hydrogen) atoms. The zero-order valence-corrected chi connectivity index (χ0v) is 24.6. The Kier molecular flexibility index (Phi) is 9.37. The first kappa shape index (κ1) is 28.4. The molecule has 0 N–H and O–H groups in total. The highest BCUT2D eigenvalue weighted by Crippen LogP contribution is 2.46. The van der Waals surface area contributed by atoms with E-state index in [9.17, 15) is 4.79 Å². The van der Waals surface area contributed by atoms with Gasteiger partial charge in [-0.3, -0.25) is 0 Å². The summed E-state index contributed by atoms with van der Waals surface area (Å²) in [6.07, 6.45) is 8.78. The molecule has 0 bridgehead atoms. The van der Waals surface area contributed by atoms with Crippen molar-refractivity contribution in [1.29, 1.82) is 0 Å². The van der Waals surface area contributed by atoms with Gasteiger partial charge in [-0.2, -0.15) is 5.10 Å². The summed E-state index contributed by atoms with van der Waals surface area (Å²) in [7, 11) is 0. The summed E-state index contributed by atoms with van der Waals surface area (Å²) < 4.78 is 13.8. The molecule has 3 rings (SSSR count). The number of hydrogen-bond donors (Lipinski definition) is 0. The van der Waals surface area contributed by atoms with Crippen LogP contribution in [0.1, 0.15) is 78.1 Å². The van der Waals surface area contributed by atoms with Crippen molar-refractivity contribution in [2.75, 3.05) is 6.54 Å². The van der Waals surface area contributed by atoms with E-state index >= 15 is 0 Å². The zero-order valence-electron chi connectivity index (χ0n) is 22.5. The van der Waals surface area contributed by atoms with E-state index in [1.165, 1.54) is 0 Å². The Hall–Kier alpha value is -2.21. The van der Waals surface area contributed by atoms with Crippen molar-refractivity contribution >= 4 is 28.7 Å². The lowest BCUT2D eigenvalue weighted by Gasteiger charge is -2.26. The van der Waals surface area contributed by atoms with Gasteiger partial charge in [0, 0.05) is 12.6 Å². The van der Waals surface area contributed by atoms with Gasteiger partial charge in [-0.05, 0) is 78.2 Å². The van der Waals surface area contributed by atoms with Gasteiger partial charge in [-0.25, -0.2) is 9.48 Å². The molecule has 1 aliphatic carbocycles. The lowest BCUT2D eigenvalue weighted by molar-refractivity contribution is 0.0241. The second kappa shape index (κ2) is 11.9. The van der Waals surface area contributed by atoms with Crippen LogP contribution in [0.4, 0.5) is 4.79 Å². The Balaban J connectivity index is 1.82. The number of alkyl halides is 1. The fourth-order valence-electron chi connectivity index (χ4n) is 4.73. The number of nitrogens with zero attached hydrogens (tertiary/aromatic N) is 3. The normalized spacial score (nSPS) is 20.3. The van der Waals surface area contributed by atoms with E-state index in [0.717, 1.165) is 36.4 Å². The molecular formula is C29H40IN3O3. The van der Waals surface area contributed by atoms with Crippen LogP contribution in [0, 0.1) is 24.2 Å². The Morgan fingerprint density at radius 1 is 1.28 bits per heavy atom. The maximum Gasteiger partial charge on any atom is 0.410 e. The number of benzene rings is 1. The zero-order chi connectivity index (χ0) is 26.5. The number of carbonyl (C=O) groups excluding carboxylic acids is 1. The third-order valence-corrected chi connectivity index (χ3v) is 8.15. The van der Waals surface area contributed by atoms with E-state index in [4.69, 9.17) is 21.0 Å². The molecule has 6 nitrogen and oxygen atoms in total. The van der Waals surface area contributed by atoms with Crippen molar-refractivity contribution in [1.82, 2.24) is 14.7 Å². The molecule has 0 saturated heterocycles. The van der Waals surface area contributed by atoms with Gasteiger partial charge < -0.3 is 14.4 Å². The first-order valence-corrected chi connectivity index (χ1v) is 13.9. The maximum absolute atomic E-state index is 12.7. The van der Waals surface area contributed by atoms with Gasteiger partial charge in [-0.15, -0.1) is 6.42 Å². The minimum Gasteiger partial charge on any atom is -0.473 e. The topological polar surface area (TPSA) is 56.6 Å². The first-order chi connectivity index (χ1) is 16.9. The Morgan fingerprint density at radius 2 is 1.97 bits per heavy atom. The van der Waals surface area contributed by atoms with E-state index in [-0.39, 0.29) is 15.6 Å². The third kappa shape index (κ3) is 7.41. The van der Waals surface area contributed by atoms with Gasteiger partial charge in [0.25, 0.3) is 0 Å². The molecule has 0 radical (unpaired) electrons. The number of halogens is 1. The number of terminal acetylenes is 1. The van der Waals surface area contributed by atoms with Gasteiger partial charge >= 0.3 is 6.09 Å². The molecule has 0 aliphatic heterocycles. The van der Waals surface area contributed by atoms with E-state index in [1.807, 2.05) is 56.6 Å². The van der Waals surface area contributed by atoms with Gasteiger partial charge in [0.1, 0.15) is 12.2 Å². The van der Waals surface area contributed by atoms with Gasteiger partial charge in [-0.1, -0.05) is 58.8 Å². The first-order valence-electron chi connectivity index (χ1n) is 12.8. The van der Waals surface area contributed by atoms with Crippen molar-refractivity contribution in [3.8, 4) is 18.2 Å². The maximum atomic E-state index is 12.7. The molecule has 1 aromatic heterocycles. The van der Waals surface area contributed by atoms with Crippen LogP contribution in [-0.4, -0.2) is 36.3 Å². The molecule has 1 aliphatic rings. The fourth-order valence-corrected chi connectivity index (χ4v) is 5.29. The quantitative estimate of drug-likeness (QED) is 0.175. The average molecular weight is 606 g/mol. The second-order valence-electron chi connectivity index (χ2n) is 10.9. The van der Waals surface area contributed by atoms with Crippen molar-refractivity contribution in [2.24, 2.45) is 11.8 Å². The molecule has 7 heteroatoms. The molecule has 2 aromatic rings. The van der Waals surface area contributed by atoms with Gasteiger partial charge in [0.15, 0.2) is 0 Å². The number of ether oxygens (including phenoxy) is 2. The molecule has 0 spiro atoms. The molecule has 1 fully saturated rings. The number of aromatic nitrogens is 2. The van der Waals surface area contributed by atoms with Crippen LogP contribution in [0.15, 0.2) is 36.4 Å². The van der Waals surface area contributed by atoms with Crippen LogP contribution in [0.25, 0.3) is 0 Å². The molecular weight excluding hydrogens is 565 g/mol. The largest absolute Gasteiger partial charge is 0.473 e. The monoisotopic (exact) mass is 605 g/mol. The summed E-state index contributed by atoms with van der Waals surface area (Å²) in [5.41, 5.74) is 1.33. The van der Waals surface area contributed by atoms with E-state index in [2.05, 4.69) is 54.5 Å². The molecule has 1 amide bonds. The van der Waals surface area contributed by atoms with Crippen LogP contribution in [-0.2, 0) is 17.9 Å². The second-order valence-corrected chi connectivity index (χ2v) is 13.2. The van der Waals surface area contributed by atoms with Crippen molar-refractivity contribution < 1.29 is 14.3 Å². The highest BCUT2D eigenvalue weighted by atomic mass is 127. The highest BCUT2D eigenvalue weighted by molar-refractivity contribution is 14.1. The smallest absolute Gasteiger partial charge is 0.410 e. The summed E-state index contributed by atoms with van der Waals surface area (Å²) in [5, 5.41) is 4.94. The molecule has 4 atom stereocenters. The summed E-state index contributed by atoms with van der Waals surface area (Å²) in [6, 6.07) is 12.2. The molecule has 4 unspecified atom stereocenters. The summed E-state index contributed by atoms with van der Waals surface area (Å²) >= 11 is 2.42. The number of amides is 1. The molecule has 1 saturated carbocycles. The Morgan fingerprint density at radius 3 is 2.58 bits per heavy atom. The van der Waals surface area contributed by atoms with Gasteiger partial charge in [0.2, 0.25) is 5.88 Å². The molecule has 196 valence electrons. The minimum atomic E-state index is -0.549. The number of hydrogen-bond acceptors (Lipinski definition) is 4. The van der Waals surface area contributed by atoms with Crippen LogP contribution in [0.3, 0.4) is 0 Å². The lowest BCUT2D eigenvalue weighted by Crippen LogP contribution is -2.36. The summed E-state index contributed by atoms with van der Waals surface area (Å²) in [6.45, 7) is 13.3. The predicted octanol–water partition coefficient (Wildman–Crippen LogP) is 7.02. The van der Waals surface area contributed by atoms with Crippen LogP contribution < -0.4 is 4.74 Å². The minimum absolute atomic E-state index is 0.136. The summed E-state index contributed by atoms with van der Waals surface area (Å²) in [4.78, 5) is 14.4. The fraction of sp³-hybridized carbons (Fsp3) is 0.586. The van der Waals surface area contributed by atoms with Gasteiger partial charge in [0.05, 0.1) is 21.7 Å². The van der Waals surface area contributed by atoms with Crippen molar-refractivity contribution in [2.45, 2.75) is 89.0 Å². The molecule has 1 aromatic carbocycles. The number of rotatable bonds is 9. The van der Waals surface area contributed by atoms with E-state index in [0.29, 0.717) is 31.5 Å². The Bertz CT molecular complexity index is 1050. The molecule has 1 heterocycles. The van der Waals surface area contributed by atoms with E-state index in [1.54, 1.807) is 4.90 Å². The van der Waals surface area contributed by atoms with Crippen molar-refractivity contribution in [3.05, 3.63) is 47.7 Å². The summed E-state index contributed by atoms with van der Waals surface area (Å²) in [5.74, 6) is 4.65. The Labute approximate surface area is 230 Å². The third-order valence-electron chi connectivity index (χ3n) is 6.96. The average Bonchev–Trinajstić information content (AvgIpc) is 3.48. The standard InChI is InChI=1S/C29H40IN3O3/c1-8-29(7,30)24-16-15-23(17-24)21(3)33-26(35-20-22-13-11-10-12-14-22)18-25(31-33)19-32(9-2)27(34)36-28(4,5)6/h1,10-14,18,21,23-24H,9,15-17,19-20H2,2-7H3. The van der Waals surface area contributed by atoms with Crippen molar-refractivity contribution in [3.63, 3.8) is 0 Å². The highest BCUT2D eigenvalue weighted by Gasteiger charge is 2.39. The van der Waals surface area contributed by atoms with Crippen LogP contribution in [0.5, 0.6) is 5.88 Å².